The van der Waals surface area contributed by atoms with Crippen LogP contribution in [0, 0.1) is 0 Å². The van der Waals surface area contributed by atoms with E-state index in [1.807, 2.05) is 0 Å². The lowest BCUT2D eigenvalue weighted by atomic mass is 10.2. The van der Waals surface area contributed by atoms with E-state index in [4.69, 9.17) is 0 Å². The van der Waals surface area contributed by atoms with E-state index in [9.17, 15) is 13.2 Å². The van der Waals surface area contributed by atoms with Crippen LogP contribution >= 0.6 is 0 Å². The SMILES string of the molecule is CCS(=O)(=O)Nc1ccc(C(=O)N(C)Cc2cnccn2)cc1. The Morgan fingerprint density at radius 2 is 1.91 bits per heavy atom. The molecule has 1 aromatic carbocycles. The van der Waals surface area contributed by atoms with Crippen molar-refractivity contribution in [3.63, 3.8) is 0 Å². The lowest BCUT2D eigenvalue weighted by Gasteiger charge is -2.16. The molecule has 0 bridgehead atoms. The zero-order valence-electron chi connectivity index (χ0n) is 12.9. The number of benzene rings is 1. The molecule has 0 radical (unpaired) electrons. The predicted molar refractivity (Wildman–Crippen MR) is 87.4 cm³/mol. The Hall–Kier alpha value is -2.48. The van der Waals surface area contributed by atoms with Crippen LogP contribution in [0.5, 0.6) is 0 Å². The fourth-order valence-corrected chi connectivity index (χ4v) is 2.52. The van der Waals surface area contributed by atoms with Crippen molar-refractivity contribution >= 4 is 21.6 Å². The molecule has 0 aliphatic carbocycles. The molecule has 0 saturated carbocycles. The van der Waals surface area contributed by atoms with Crippen LogP contribution in [0.4, 0.5) is 5.69 Å². The summed E-state index contributed by atoms with van der Waals surface area (Å²) in [6.45, 7) is 1.90. The first-order valence-corrected chi connectivity index (χ1v) is 8.67. The number of carbonyl (C=O) groups excluding carboxylic acids is 1. The molecule has 2 aromatic rings. The van der Waals surface area contributed by atoms with Gasteiger partial charge >= 0.3 is 0 Å². The minimum Gasteiger partial charge on any atom is -0.336 e. The summed E-state index contributed by atoms with van der Waals surface area (Å²) in [4.78, 5) is 21.9. The third-order valence-corrected chi connectivity index (χ3v) is 4.45. The first-order valence-electron chi connectivity index (χ1n) is 7.02. The molecule has 122 valence electrons. The van der Waals surface area contributed by atoms with Crippen molar-refractivity contribution in [1.29, 1.82) is 0 Å². The molecule has 0 spiro atoms. The number of aromatic nitrogens is 2. The minimum atomic E-state index is -3.32. The topological polar surface area (TPSA) is 92.3 Å². The van der Waals surface area contributed by atoms with Crippen molar-refractivity contribution in [3.05, 3.63) is 54.1 Å². The largest absolute Gasteiger partial charge is 0.336 e. The molecule has 7 nitrogen and oxygen atoms in total. The highest BCUT2D eigenvalue weighted by atomic mass is 32.2. The molecule has 0 aliphatic rings. The van der Waals surface area contributed by atoms with Crippen molar-refractivity contribution in [3.8, 4) is 0 Å². The predicted octanol–water partition coefficient (Wildman–Crippen LogP) is 1.51. The highest BCUT2D eigenvalue weighted by Crippen LogP contribution is 2.13. The third-order valence-electron chi connectivity index (χ3n) is 3.15. The van der Waals surface area contributed by atoms with E-state index in [-0.39, 0.29) is 11.7 Å². The van der Waals surface area contributed by atoms with E-state index in [2.05, 4.69) is 14.7 Å². The number of hydrogen-bond acceptors (Lipinski definition) is 5. The van der Waals surface area contributed by atoms with Gasteiger partial charge in [0.1, 0.15) is 0 Å². The summed E-state index contributed by atoms with van der Waals surface area (Å²) in [6, 6.07) is 6.30. The second-order valence-corrected chi connectivity index (χ2v) is 6.95. The Balaban J connectivity index is 2.05. The monoisotopic (exact) mass is 334 g/mol. The zero-order chi connectivity index (χ0) is 16.9. The normalized spacial score (nSPS) is 11.0. The van der Waals surface area contributed by atoms with E-state index >= 15 is 0 Å². The Bertz CT molecular complexity index is 761. The van der Waals surface area contributed by atoms with Gasteiger partial charge in [-0.1, -0.05) is 0 Å². The molecule has 23 heavy (non-hydrogen) atoms. The lowest BCUT2D eigenvalue weighted by molar-refractivity contribution is 0.0783. The smallest absolute Gasteiger partial charge is 0.253 e. The van der Waals surface area contributed by atoms with Crippen molar-refractivity contribution in [1.82, 2.24) is 14.9 Å². The van der Waals surface area contributed by atoms with Crippen LogP contribution in [0.1, 0.15) is 23.0 Å². The van der Waals surface area contributed by atoms with Gasteiger partial charge in [0.25, 0.3) is 5.91 Å². The maximum Gasteiger partial charge on any atom is 0.253 e. The number of sulfonamides is 1. The molecule has 1 N–H and O–H groups in total. The Morgan fingerprint density at radius 3 is 2.48 bits per heavy atom. The van der Waals surface area contributed by atoms with Crippen LogP contribution in [0.3, 0.4) is 0 Å². The zero-order valence-corrected chi connectivity index (χ0v) is 13.7. The van der Waals surface area contributed by atoms with Gasteiger partial charge in [-0.3, -0.25) is 19.5 Å². The average Bonchev–Trinajstić information content (AvgIpc) is 2.55. The van der Waals surface area contributed by atoms with E-state index < -0.39 is 10.0 Å². The molecule has 0 atom stereocenters. The van der Waals surface area contributed by atoms with Gasteiger partial charge in [-0.05, 0) is 31.2 Å². The van der Waals surface area contributed by atoms with E-state index in [0.29, 0.717) is 23.5 Å². The van der Waals surface area contributed by atoms with E-state index in [1.54, 1.807) is 56.8 Å². The van der Waals surface area contributed by atoms with Gasteiger partial charge in [0, 0.05) is 30.7 Å². The quantitative estimate of drug-likeness (QED) is 0.864. The highest BCUT2D eigenvalue weighted by molar-refractivity contribution is 7.92. The van der Waals surface area contributed by atoms with Crippen LogP contribution in [0.2, 0.25) is 0 Å². The van der Waals surface area contributed by atoms with Gasteiger partial charge in [-0.15, -0.1) is 0 Å². The molecule has 8 heteroatoms. The average molecular weight is 334 g/mol. The van der Waals surface area contributed by atoms with Crippen LogP contribution in [0.15, 0.2) is 42.9 Å². The number of anilines is 1. The fourth-order valence-electron chi connectivity index (χ4n) is 1.88. The molecule has 0 fully saturated rings. The molecular formula is C15H18N4O3S. The molecule has 1 amide bonds. The van der Waals surface area contributed by atoms with Crippen molar-refractivity contribution < 1.29 is 13.2 Å². The number of nitrogens with zero attached hydrogens (tertiary/aromatic N) is 3. The van der Waals surface area contributed by atoms with Crippen molar-refractivity contribution in [2.45, 2.75) is 13.5 Å². The van der Waals surface area contributed by atoms with Crippen molar-refractivity contribution in [2.75, 3.05) is 17.5 Å². The third kappa shape index (κ3) is 4.75. The van der Waals surface area contributed by atoms with Crippen LogP contribution in [0.25, 0.3) is 0 Å². The maximum absolute atomic E-state index is 12.3. The summed E-state index contributed by atoms with van der Waals surface area (Å²) in [7, 11) is -1.65. The van der Waals surface area contributed by atoms with Gasteiger partial charge in [0.2, 0.25) is 10.0 Å². The van der Waals surface area contributed by atoms with Crippen LogP contribution in [-0.4, -0.2) is 42.0 Å². The molecule has 1 heterocycles. The summed E-state index contributed by atoms with van der Waals surface area (Å²) in [6.07, 6.45) is 4.75. The summed E-state index contributed by atoms with van der Waals surface area (Å²) in [5.74, 6) is -0.185. The highest BCUT2D eigenvalue weighted by Gasteiger charge is 2.13. The lowest BCUT2D eigenvalue weighted by Crippen LogP contribution is -2.26. The number of carbonyl (C=O) groups is 1. The first-order chi connectivity index (χ1) is 10.9. The Labute approximate surface area is 135 Å². The second kappa shape index (κ2) is 7.19. The Morgan fingerprint density at radius 1 is 1.22 bits per heavy atom. The van der Waals surface area contributed by atoms with Crippen molar-refractivity contribution in [2.24, 2.45) is 0 Å². The van der Waals surface area contributed by atoms with E-state index in [0.717, 1.165) is 0 Å². The molecular weight excluding hydrogens is 316 g/mol. The van der Waals surface area contributed by atoms with E-state index in [1.165, 1.54) is 4.90 Å². The molecule has 0 saturated heterocycles. The summed E-state index contributed by atoms with van der Waals surface area (Å²) < 4.78 is 25.4. The number of amides is 1. The molecule has 1 aromatic heterocycles. The minimum absolute atomic E-state index is 0.00543. The number of hydrogen-bond donors (Lipinski definition) is 1. The number of nitrogens with one attached hydrogen (secondary N) is 1. The molecule has 0 aliphatic heterocycles. The molecule has 2 rings (SSSR count). The van der Waals surface area contributed by atoms with Crippen LogP contribution in [-0.2, 0) is 16.6 Å². The van der Waals surface area contributed by atoms with Crippen LogP contribution < -0.4 is 4.72 Å². The first kappa shape index (κ1) is 16.9. The van der Waals surface area contributed by atoms with Gasteiger partial charge in [-0.25, -0.2) is 8.42 Å². The summed E-state index contributed by atoms with van der Waals surface area (Å²) in [5, 5.41) is 0. The summed E-state index contributed by atoms with van der Waals surface area (Å²) >= 11 is 0. The number of rotatable bonds is 6. The van der Waals surface area contributed by atoms with Gasteiger partial charge in [0.15, 0.2) is 0 Å². The van der Waals surface area contributed by atoms with Gasteiger partial charge < -0.3 is 4.90 Å². The fraction of sp³-hybridized carbons (Fsp3) is 0.267. The second-order valence-electron chi connectivity index (χ2n) is 4.94. The van der Waals surface area contributed by atoms with Gasteiger partial charge in [0.05, 0.1) is 24.2 Å². The molecule has 0 unspecified atom stereocenters. The standard InChI is InChI=1S/C15H18N4O3S/c1-3-23(21,22)18-13-6-4-12(5-7-13)15(20)19(2)11-14-10-16-8-9-17-14/h4-10,18H,3,11H2,1-2H3. The Kier molecular flexibility index (Phi) is 5.28. The van der Waals surface area contributed by atoms with Gasteiger partial charge in [-0.2, -0.15) is 0 Å². The summed E-state index contributed by atoms with van der Waals surface area (Å²) in [5.41, 5.74) is 1.59. The maximum atomic E-state index is 12.3.